The minimum absolute atomic E-state index is 0.0880. The van der Waals surface area contributed by atoms with Crippen molar-refractivity contribution in [2.45, 2.75) is 44.9 Å². The molecule has 0 radical (unpaired) electrons. The molecule has 1 atom stereocenters. The number of halogens is 7. The van der Waals surface area contributed by atoms with Crippen LogP contribution in [0.4, 0.5) is 30.7 Å². The Kier molecular flexibility index (Phi) is 6.01. The largest absolute Gasteiger partial charge is 0.207 e. The van der Waals surface area contributed by atoms with Gasteiger partial charge in [-0.2, -0.15) is 0 Å². The molecule has 1 aliphatic carbocycles. The Morgan fingerprint density at radius 1 is 0.750 bits per heavy atom. The zero-order valence-electron chi connectivity index (χ0n) is 17.1. The number of hydrogen-bond acceptors (Lipinski definition) is 0. The Morgan fingerprint density at radius 3 is 2.06 bits per heavy atom. The highest BCUT2D eigenvalue weighted by atomic mass is 19.2. The number of rotatable bonds is 4. The van der Waals surface area contributed by atoms with Crippen molar-refractivity contribution in [1.82, 2.24) is 0 Å². The van der Waals surface area contributed by atoms with E-state index in [1.165, 1.54) is 12.1 Å². The van der Waals surface area contributed by atoms with Gasteiger partial charge < -0.3 is 0 Å². The van der Waals surface area contributed by atoms with E-state index < -0.39 is 52.2 Å². The van der Waals surface area contributed by atoms with Gasteiger partial charge in [0.15, 0.2) is 23.3 Å². The molecule has 0 amide bonds. The third-order valence-corrected chi connectivity index (χ3v) is 6.01. The van der Waals surface area contributed by atoms with Crippen LogP contribution in [-0.2, 0) is 19.3 Å². The summed E-state index contributed by atoms with van der Waals surface area (Å²) in [5.41, 5.74) is -1.27. The summed E-state index contributed by atoms with van der Waals surface area (Å²) < 4.78 is 101. The minimum Gasteiger partial charge on any atom is -0.207 e. The summed E-state index contributed by atoms with van der Waals surface area (Å²) in [6.07, 6.45) is 0.953. The maximum absolute atomic E-state index is 15.2. The molecule has 3 aromatic rings. The van der Waals surface area contributed by atoms with Gasteiger partial charge in [0.25, 0.3) is 0 Å². The number of hydrogen-bond donors (Lipinski definition) is 0. The molecule has 0 fully saturated rings. The summed E-state index contributed by atoms with van der Waals surface area (Å²) in [5.74, 6) is -8.82. The molecule has 168 valence electrons. The summed E-state index contributed by atoms with van der Waals surface area (Å²) in [4.78, 5) is 0. The number of fused-ring (bicyclic) bond motifs is 1. The number of benzene rings is 3. The molecule has 0 heterocycles. The zero-order valence-corrected chi connectivity index (χ0v) is 17.1. The van der Waals surface area contributed by atoms with Crippen LogP contribution in [0.15, 0.2) is 30.3 Å². The van der Waals surface area contributed by atoms with E-state index in [1.54, 1.807) is 0 Å². The highest BCUT2D eigenvalue weighted by molar-refractivity contribution is 5.67. The average Bonchev–Trinajstić information content (AvgIpc) is 2.74. The first-order valence-electron chi connectivity index (χ1n) is 10.3. The Bertz CT molecular complexity index is 1180. The van der Waals surface area contributed by atoms with Gasteiger partial charge in [0, 0.05) is 5.56 Å². The van der Waals surface area contributed by atoms with Crippen molar-refractivity contribution >= 4 is 0 Å². The van der Waals surface area contributed by atoms with Gasteiger partial charge in [0.1, 0.15) is 17.5 Å². The lowest BCUT2D eigenvalue weighted by molar-refractivity contribution is 0.443. The van der Waals surface area contributed by atoms with Gasteiger partial charge in [-0.05, 0) is 78.1 Å². The van der Waals surface area contributed by atoms with Crippen molar-refractivity contribution in [2.24, 2.45) is 0 Å². The van der Waals surface area contributed by atoms with Crippen LogP contribution < -0.4 is 0 Å². The summed E-state index contributed by atoms with van der Waals surface area (Å²) in [7, 11) is 0. The summed E-state index contributed by atoms with van der Waals surface area (Å²) in [6, 6.07) is 4.73. The van der Waals surface area contributed by atoms with E-state index in [0.29, 0.717) is 30.5 Å². The highest BCUT2D eigenvalue weighted by Gasteiger charge is 2.33. The van der Waals surface area contributed by atoms with Gasteiger partial charge in [-0.15, -0.1) is 0 Å². The van der Waals surface area contributed by atoms with Crippen LogP contribution in [0.5, 0.6) is 0 Å². The Morgan fingerprint density at radius 2 is 1.44 bits per heavy atom. The lowest BCUT2D eigenvalue weighted by Crippen LogP contribution is -2.20. The van der Waals surface area contributed by atoms with Crippen molar-refractivity contribution in [1.29, 1.82) is 0 Å². The molecule has 0 N–H and O–H groups in total. The normalized spacial score (nSPS) is 15.7. The van der Waals surface area contributed by atoms with E-state index in [2.05, 4.69) is 0 Å². The van der Waals surface area contributed by atoms with E-state index in [0.717, 1.165) is 6.07 Å². The third kappa shape index (κ3) is 3.78. The smallest absolute Gasteiger partial charge is 0.169 e. The lowest BCUT2D eigenvalue weighted by atomic mass is 9.78. The van der Waals surface area contributed by atoms with Crippen LogP contribution >= 0.6 is 0 Å². The highest BCUT2D eigenvalue weighted by Crippen LogP contribution is 2.41. The maximum atomic E-state index is 15.2. The Hall–Kier alpha value is -2.83. The number of aryl methyl sites for hydroxylation is 1. The summed E-state index contributed by atoms with van der Waals surface area (Å²) in [5, 5.41) is 0. The predicted octanol–water partition coefficient (Wildman–Crippen LogP) is 7.55. The standard InChI is InChI=1S/C25H19F7/c1-2-3-12-8-19(28)21(20(29)9-12)13-4-6-15-16(10-13)24(31)25(32)22(23(15)30)14-5-7-17(26)18(27)11-14/h5,7-9,11,13H,2-4,6,10H2,1H3. The Labute approximate surface area is 180 Å². The van der Waals surface area contributed by atoms with Gasteiger partial charge in [-0.1, -0.05) is 19.4 Å². The first kappa shape index (κ1) is 22.4. The molecule has 0 spiro atoms. The molecule has 0 saturated carbocycles. The molecule has 0 saturated heterocycles. The second-order valence-corrected chi connectivity index (χ2v) is 8.07. The van der Waals surface area contributed by atoms with E-state index in [4.69, 9.17) is 0 Å². The maximum Gasteiger partial charge on any atom is 0.169 e. The second kappa shape index (κ2) is 8.60. The monoisotopic (exact) mass is 452 g/mol. The molecule has 1 aliphatic rings. The molecule has 0 bridgehead atoms. The van der Waals surface area contributed by atoms with Gasteiger partial charge in [-0.3, -0.25) is 0 Å². The minimum atomic E-state index is -1.55. The molecule has 3 aromatic carbocycles. The topological polar surface area (TPSA) is 0 Å². The van der Waals surface area contributed by atoms with Crippen molar-refractivity contribution in [3.63, 3.8) is 0 Å². The van der Waals surface area contributed by atoms with Gasteiger partial charge in [-0.25, -0.2) is 30.7 Å². The zero-order chi connectivity index (χ0) is 23.2. The fourth-order valence-electron chi connectivity index (χ4n) is 4.51. The van der Waals surface area contributed by atoms with Crippen LogP contribution in [-0.4, -0.2) is 0 Å². The molecular weight excluding hydrogens is 433 g/mol. The lowest BCUT2D eigenvalue weighted by Gasteiger charge is -2.28. The van der Waals surface area contributed by atoms with Crippen LogP contribution in [0.2, 0.25) is 0 Å². The molecule has 0 aromatic heterocycles. The van der Waals surface area contributed by atoms with Crippen molar-refractivity contribution in [2.75, 3.05) is 0 Å². The first-order chi connectivity index (χ1) is 15.2. The van der Waals surface area contributed by atoms with Gasteiger partial charge in [0.2, 0.25) is 0 Å². The van der Waals surface area contributed by atoms with E-state index >= 15 is 4.39 Å². The molecule has 32 heavy (non-hydrogen) atoms. The predicted molar refractivity (Wildman–Crippen MR) is 107 cm³/mol. The third-order valence-electron chi connectivity index (χ3n) is 6.01. The molecule has 1 unspecified atom stereocenters. The Balaban J connectivity index is 1.76. The van der Waals surface area contributed by atoms with Crippen LogP contribution in [0.1, 0.15) is 47.9 Å². The fourth-order valence-corrected chi connectivity index (χ4v) is 4.51. The van der Waals surface area contributed by atoms with Crippen LogP contribution in [0, 0.1) is 40.7 Å². The average molecular weight is 452 g/mol. The van der Waals surface area contributed by atoms with E-state index in [1.807, 2.05) is 6.92 Å². The van der Waals surface area contributed by atoms with Crippen molar-refractivity contribution < 1.29 is 30.7 Å². The van der Waals surface area contributed by atoms with Crippen molar-refractivity contribution in [3.05, 3.63) is 93.3 Å². The van der Waals surface area contributed by atoms with E-state index in [-0.39, 0.29) is 41.5 Å². The van der Waals surface area contributed by atoms with E-state index in [9.17, 15) is 26.3 Å². The molecule has 0 aliphatic heterocycles. The molecule has 4 rings (SSSR count). The fraction of sp³-hybridized carbons (Fsp3) is 0.280. The van der Waals surface area contributed by atoms with Gasteiger partial charge >= 0.3 is 0 Å². The molecule has 7 heteroatoms. The molecule has 0 nitrogen and oxygen atoms in total. The summed E-state index contributed by atoms with van der Waals surface area (Å²) >= 11 is 0. The van der Waals surface area contributed by atoms with Crippen molar-refractivity contribution in [3.8, 4) is 11.1 Å². The molecular formula is C25H19F7. The first-order valence-corrected chi connectivity index (χ1v) is 10.3. The van der Waals surface area contributed by atoms with Crippen LogP contribution in [0.25, 0.3) is 11.1 Å². The van der Waals surface area contributed by atoms with Crippen LogP contribution in [0.3, 0.4) is 0 Å². The SMILES string of the molecule is CCCc1cc(F)c(C2CCc3c(F)c(-c4ccc(F)c(F)c4)c(F)c(F)c3C2)c(F)c1. The quantitative estimate of drug-likeness (QED) is 0.283. The second-order valence-electron chi connectivity index (χ2n) is 8.07. The van der Waals surface area contributed by atoms with Gasteiger partial charge in [0.05, 0.1) is 5.56 Å². The summed E-state index contributed by atoms with van der Waals surface area (Å²) in [6.45, 7) is 1.88.